The van der Waals surface area contributed by atoms with Crippen LogP contribution in [-0.4, -0.2) is 34.8 Å². The van der Waals surface area contributed by atoms with Crippen LogP contribution in [0.15, 0.2) is 36.4 Å². The van der Waals surface area contributed by atoms with Gasteiger partial charge in [0, 0.05) is 30.6 Å². The van der Waals surface area contributed by atoms with Crippen molar-refractivity contribution in [3.8, 4) is 17.0 Å². The lowest BCUT2D eigenvalue weighted by Gasteiger charge is -2.32. The standard InChI is InChI=1S/C19H19FIN3O2/c20-19-15(17-10-13-9-14(26-21)1-3-16(13)22-17)2-4-18(23-19)24-7-5-12(11-25)6-8-24/h1-4,9-10,12,22,25H,5-8,11H2. The van der Waals surface area contributed by atoms with Crippen LogP contribution in [0, 0.1) is 11.9 Å². The van der Waals surface area contributed by atoms with Gasteiger partial charge in [-0.3, -0.25) is 0 Å². The number of pyridine rings is 1. The quantitative estimate of drug-likeness (QED) is 0.444. The van der Waals surface area contributed by atoms with Gasteiger partial charge in [0.15, 0.2) is 23.0 Å². The molecule has 1 fully saturated rings. The first-order chi connectivity index (χ1) is 12.7. The molecule has 2 N–H and O–H groups in total. The molecular formula is C19H19FIN3O2. The Hall–Kier alpha value is -1.87. The Labute approximate surface area is 164 Å². The van der Waals surface area contributed by atoms with Crippen molar-refractivity contribution in [1.29, 1.82) is 0 Å². The lowest BCUT2D eigenvalue weighted by Crippen LogP contribution is -2.35. The number of benzene rings is 1. The molecule has 0 atom stereocenters. The predicted octanol–water partition coefficient (Wildman–Crippen LogP) is 4.31. The minimum atomic E-state index is -0.483. The maximum atomic E-state index is 14.7. The number of hydrogen-bond acceptors (Lipinski definition) is 4. The van der Waals surface area contributed by atoms with E-state index in [1.165, 1.54) is 0 Å². The molecule has 1 saturated heterocycles. The molecule has 0 aliphatic carbocycles. The number of aliphatic hydroxyl groups excluding tert-OH is 1. The van der Waals surface area contributed by atoms with Crippen molar-refractivity contribution in [1.82, 2.24) is 9.97 Å². The predicted molar refractivity (Wildman–Crippen MR) is 108 cm³/mol. The smallest absolute Gasteiger partial charge is 0.224 e. The van der Waals surface area contributed by atoms with Crippen molar-refractivity contribution in [2.45, 2.75) is 12.8 Å². The van der Waals surface area contributed by atoms with Gasteiger partial charge in [0.05, 0.1) is 11.3 Å². The number of hydrogen-bond donors (Lipinski definition) is 2. The molecule has 0 unspecified atom stereocenters. The van der Waals surface area contributed by atoms with Gasteiger partial charge in [0.1, 0.15) is 11.6 Å². The van der Waals surface area contributed by atoms with Gasteiger partial charge in [-0.2, -0.15) is 4.39 Å². The molecule has 136 valence electrons. The normalized spacial score (nSPS) is 15.6. The fourth-order valence-electron chi connectivity index (χ4n) is 3.45. The van der Waals surface area contributed by atoms with Crippen LogP contribution in [0.1, 0.15) is 12.8 Å². The first kappa shape index (κ1) is 17.5. The summed E-state index contributed by atoms with van der Waals surface area (Å²) >= 11 is 1.84. The van der Waals surface area contributed by atoms with Gasteiger partial charge in [-0.05, 0) is 55.2 Å². The van der Waals surface area contributed by atoms with E-state index in [0.29, 0.717) is 23.0 Å². The van der Waals surface area contributed by atoms with E-state index in [2.05, 4.69) is 14.9 Å². The summed E-state index contributed by atoms with van der Waals surface area (Å²) in [6, 6.07) is 11.2. The number of anilines is 1. The number of nitrogens with zero attached hydrogens (tertiary/aromatic N) is 2. The second-order valence-corrected chi connectivity index (χ2v) is 7.07. The second-order valence-electron chi connectivity index (χ2n) is 6.63. The molecule has 4 rings (SSSR count). The molecule has 0 saturated carbocycles. The summed E-state index contributed by atoms with van der Waals surface area (Å²) in [5.41, 5.74) is 2.07. The average molecular weight is 467 g/mol. The van der Waals surface area contributed by atoms with E-state index < -0.39 is 5.95 Å². The number of aromatic amines is 1. The van der Waals surface area contributed by atoms with Crippen molar-refractivity contribution in [2.24, 2.45) is 5.92 Å². The average Bonchev–Trinajstić information content (AvgIpc) is 3.10. The third-order valence-corrected chi connectivity index (χ3v) is 5.51. The van der Waals surface area contributed by atoms with Crippen LogP contribution in [0.25, 0.3) is 22.2 Å². The zero-order chi connectivity index (χ0) is 18.1. The van der Waals surface area contributed by atoms with Crippen LogP contribution in [0.2, 0.25) is 0 Å². The monoisotopic (exact) mass is 467 g/mol. The summed E-state index contributed by atoms with van der Waals surface area (Å²) in [4.78, 5) is 9.49. The van der Waals surface area contributed by atoms with Crippen LogP contribution in [0.4, 0.5) is 10.2 Å². The van der Waals surface area contributed by atoms with Crippen molar-refractivity contribution in [3.63, 3.8) is 0 Å². The highest BCUT2D eigenvalue weighted by Gasteiger charge is 2.20. The maximum Gasteiger partial charge on any atom is 0.224 e. The molecule has 0 spiro atoms. The van der Waals surface area contributed by atoms with Gasteiger partial charge in [0.25, 0.3) is 0 Å². The first-order valence-corrected chi connectivity index (χ1v) is 9.50. The van der Waals surface area contributed by atoms with E-state index in [4.69, 9.17) is 3.07 Å². The van der Waals surface area contributed by atoms with Gasteiger partial charge >= 0.3 is 0 Å². The Morgan fingerprint density at radius 3 is 2.73 bits per heavy atom. The summed E-state index contributed by atoms with van der Waals surface area (Å²) in [7, 11) is 0. The minimum Gasteiger partial charge on any atom is -0.428 e. The number of nitrogens with one attached hydrogen (secondary N) is 1. The SMILES string of the molecule is OCC1CCN(c2ccc(-c3cc4cc(OI)ccc4[nH]3)c(F)n2)CC1. The molecule has 0 amide bonds. The summed E-state index contributed by atoms with van der Waals surface area (Å²) in [6.07, 6.45) is 1.82. The number of aliphatic hydroxyl groups is 1. The van der Waals surface area contributed by atoms with Crippen LogP contribution >= 0.6 is 23.0 Å². The topological polar surface area (TPSA) is 61.4 Å². The maximum absolute atomic E-state index is 14.7. The third-order valence-electron chi connectivity index (χ3n) is 5.00. The number of rotatable bonds is 4. The molecule has 3 heterocycles. The minimum absolute atomic E-state index is 0.221. The van der Waals surface area contributed by atoms with Crippen molar-refractivity contribution in [3.05, 3.63) is 42.3 Å². The van der Waals surface area contributed by atoms with E-state index in [1.807, 2.05) is 53.3 Å². The zero-order valence-corrected chi connectivity index (χ0v) is 16.2. The lowest BCUT2D eigenvalue weighted by atomic mass is 9.98. The highest BCUT2D eigenvalue weighted by Crippen LogP contribution is 2.30. The number of fused-ring (bicyclic) bond motifs is 1. The fraction of sp³-hybridized carbons (Fsp3) is 0.316. The van der Waals surface area contributed by atoms with Gasteiger partial charge in [-0.1, -0.05) is 0 Å². The number of aromatic nitrogens is 2. The van der Waals surface area contributed by atoms with Crippen molar-refractivity contribution in [2.75, 3.05) is 24.6 Å². The second kappa shape index (κ2) is 7.40. The molecule has 26 heavy (non-hydrogen) atoms. The highest BCUT2D eigenvalue weighted by molar-refractivity contribution is 14.1. The Morgan fingerprint density at radius 1 is 1.23 bits per heavy atom. The van der Waals surface area contributed by atoms with E-state index in [0.717, 1.165) is 42.6 Å². The van der Waals surface area contributed by atoms with Gasteiger partial charge in [0.2, 0.25) is 5.95 Å². The molecule has 2 aromatic heterocycles. The fourth-order valence-corrected chi connectivity index (χ4v) is 3.72. The van der Waals surface area contributed by atoms with Crippen molar-refractivity contribution >= 4 is 39.7 Å². The van der Waals surface area contributed by atoms with Gasteiger partial charge in [-0.15, -0.1) is 0 Å². The Kier molecular flexibility index (Phi) is 4.99. The molecule has 1 aliphatic heterocycles. The number of piperidine rings is 1. The summed E-state index contributed by atoms with van der Waals surface area (Å²) in [5.74, 6) is 1.27. The molecular weight excluding hydrogens is 448 g/mol. The first-order valence-electron chi connectivity index (χ1n) is 8.62. The zero-order valence-electron chi connectivity index (χ0n) is 14.1. The van der Waals surface area contributed by atoms with Gasteiger partial charge in [-0.25, -0.2) is 4.98 Å². The lowest BCUT2D eigenvalue weighted by molar-refractivity contribution is 0.202. The van der Waals surface area contributed by atoms with Crippen LogP contribution in [0.5, 0.6) is 5.75 Å². The van der Waals surface area contributed by atoms with E-state index in [1.54, 1.807) is 6.07 Å². The Balaban J connectivity index is 1.60. The molecule has 0 radical (unpaired) electrons. The van der Waals surface area contributed by atoms with E-state index in [9.17, 15) is 9.50 Å². The summed E-state index contributed by atoms with van der Waals surface area (Å²) in [6.45, 7) is 1.81. The van der Waals surface area contributed by atoms with Gasteiger partial charge < -0.3 is 18.1 Å². The Bertz CT molecular complexity index is 922. The molecule has 5 nitrogen and oxygen atoms in total. The van der Waals surface area contributed by atoms with E-state index >= 15 is 0 Å². The molecule has 7 heteroatoms. The van der Waals surface area contributed by atoms with Crippen LogP contribution in [-0.2, 0) is 0 Å². The molecule has 0 bridgehead atoms. The molecule has 1 aromatic carbocycles. The number of H-pyrrole nitrogens is 1. The summed E-state index contributed by atoms with van der Waals surface area (Å²) < 4.78 is 19.9. The van der Waals surface area contributed by atoms with Crippen molar-refractivity contribution < 1.29 is 12.6 Å². The number of halogens is 2. The molecule has 3 aromatic rings. The van der Waals surface area contributed by atoms with Crippen LogP contribution in [0.3, 0.4) is 0 Å². The largest absolute Gasteiger partial charge is 0.428 e. The third kappa shape index (κ3) is 3.37. The molecule has 1 aliphatic rings. The highest BCUT2D eigenvalue weighted by atomic mass is 127. The Morgan fingerprint density at radius 2 is 2.04 bits per heavy atom. The van der Waals surface area contributed by atoms with Crippen LogP contribution < -0.4 is 7.97 Å². The summed E-state index contributed by atoms with van der Waals surface area (Å²) in [5, 5.41) is 10.2. The van der Waals surface area contributed by atoms with E-state index in [-0.39, 0.29) is 6.61 Å².